The first-order valence-electron chi connectivity index (χ1n) is 7.42. The van der Waals surface area contributed by atoms with Crippen molar-refractivity contribution in [3.63, 3.8) is 0 Å². The second-order valence-corrected chi connectivity index (χ2v) is 5.18. The maximum Gasteiger partial charge on any atom is 0.120 e. The van der Waals surface area contributed by atoms with Crippen LogP contribution in [0.4, 0.5) is 0 Å². The molecule has 118 valence electrons. The number of hydrogen-bond acceptors (Lipinski definition) is 3. The van der Waals surface area contributed by atoms with Crippen LogP contribution in [0.3, 0.4) is 0 Å². The number of hydrogen-bond donors (Lipinski definition) is 0. The topological polar surface area (TPSA) is 35.5 Å². The van der Waals surface area contributed by atoms with Crippen molar-refractivity contribution in [1.82, 2.24) is 0 Å². The average molecular weight is 300 g/mol. The summed E-state index contributed by atoms with van der Waals surface area (Å²) in [5.41, 5.74) is 2.14. The maximum atomic E-state index is 10.6. The van der Waals surface area contributed by atoms with Gasteiger partial charge in [-0.15, -0.1) is 5.92 Å². The van der Waals surface area contributed by atoms with Gasteiger partial charge in [0.05, 0.1) is 13.7 Å². The second kappa shape index (κ2) is 10.6. The number of aldehydes is 1. The van der Waals surface area contributed by atoms with Crippen molar-refractivity contribution >= 4 is 6.29 Å². The molecule has 1 rings (SSSR count). The van der Waals surface area contributed by atoms with Crippen LogP contribution >= 0.6 is 0 Å². The number of carbonyl (C=O) groups is 1. The fraction of sp³-hybridized carbons (Fsp3) is 0.421. The number of benzene rings is 1. The molecule has 0 unspecified atom stereocenters. The Morgan fingerprint density at radius 3 is 2.64 bits per heavy atom. The van der Waals surface area contributed by atoms with E-state index in [9.17, 15) is 4.79 Å². The SMILES string of the molecule is C=C(C)[C@@H](CC=O)CCC#CCOCc1ccc(OC)cc1. The number of allylic oxidation sites excluding steroid dienone is 1. The molecule has 1 atom stereocenters. The molecule has 0 bridgehead atoms. The van der Waals surface area contributed by atoms with E-state index in [1.165, 1.54) is 0 Å². The lowest BCUT2D eigenvalue weighted by molar-refractivity contribution is -0.108. The van der Waals surface area contributed by atoms with E-state index in [1.807, 2.05) is 31.2 Å². The van der Waals surface area contributed by atoms with Crippen LogP contribution in [0.2, 0.25) is 0 Å². The van der Waals surface area contributed by atoms with Crippen LogP contribution in [-0.4, -0.2) is 20.0 Å². The van der Waals surface area contributed by atoms with E-state index in [4.69, 9.17) is 9.47 Å². The lowest BCUT2D eigenvalue weighted by Gasteiger charge is -2.11. The third kappa shape index (κ3) is 7.10. The Morgan fingerprint density at radius 2 is 2.05 bits per heavy atom. The van der Waals surface area contributed by atoms with Crippen molar-refractivity contribution in [1.29, 1.82) is 0 Å². The minimum atomic E-state index is 0.243. The first-order chi connectivity index (χ1) is 10.7. The van der Waals surface area contributed by atoms with Gasteiger partial charge in [-0.05, 0) is 37.0 Å². The minimum Gasteiger partial charge on any atom is -0.497 e. The Bertz CT molecular complexity index is 520. The summed E-state index contributed by atoms with van der Waals surface area (Å²) in [7, 11) is 1.65. The zero-order valence-electron chi connectivity index (χ0n) is 13.4. The molecule has 0 aliphatic rings. The van der Waals surface area contributed by atoms with Gasteiger partial charge in [0, 0.05) is 12.8 Å². The Labute approximate surface area is 133 Å². The normalized spacial score (nSPS) is 11.2. The van der Waals surface area contributed by atoms with Gasteiger partial charge in [-0.2, -0.15) is 0 Å². The molecule has 0 amide bonds. The van der Waals surface area contributed by atoms with Crippen molar-refractivity contribution in [2.24, 2.45) is 5.92 Å². The molecule has 0 aliphatic heterocycles. The number of ether oxygens (including phenoxy) is 2. The van der Waals surface area contributed by atoms with Gasteiger partial charge in [0.25, 0.3) is 0 Å². The molecule has 1 aromatic carbocycles. The summed E-state index contributed by atoms with van der Waals surface area (Å²) in [4.78, 5) is 10.6. The number of rotatable bonds is 9. The lowest BCUT2D eigenvalue weighted by atomic mass is 9.94. The Balaban J connectivity index is 2.21. The number of methoxy groups -OCH3 is 1. The van der Waals surface area contributed by atoms with Crippen LogP contribution in [-0.2, 0) is 16.1 Å². The minimum absolute atomic E-state index is 0.243. The molecule has 0 aromatic heterocycles. The molecule has 0 saturated carbocycles. The largest absolute Gasteiger partial charge is 0.497 e. The molecule has 0 fully saturated rings. The zero-order valence-corrected chi connectivity index (χ0v) is 13.4. The van der Waals surface area contributed by atoms with Gasteiger partial charge in [0.15, 0.2) is 0 Å². The van der Waals surface area contributed by atoms with E-state index < -0.39 is 0 Å². The van der Waals surface area contributed by atoms with Gasteiger partial charge >= 0.3 is 0 Å². The molecule has 1 aromatic rings. The van der Waals surface area contributed by atoms with E-state index in [2.05, 4.69) is 18.4 Å². The van der Waals surface area contributed by atoms with Crippen LogP contribution in [0.1, 0.15) is 31.7 Å². The molecule has 3 nitrogen and oxygen atoms in total. The molecule has 0 heterocycles. The highest BCUT2D eigenvalue weighted by Gasteiger charge is 2.07. The third-order valence-corrected chi connectivity index (χ3v) is 3.42. The smallest absolute Gasteiger partial charge is 0.120 e. The van der Waals surface area contributed by atoms with Crippen LogP contribution in [0.5, 0.6) is 5.75 Å². The summed E-state index contributed by atoms with van der Waals surface area (Å²) in [5, 5.41) is 0. The van der Waals surface area contributed by atoms with Crippen molar-refractivity contribution < 1.29 is 14.3 Å². The fourth-order valence-electron chi connectivity index (χ4n) is 2.01. The predicted molar refractivity (Wildman–Crippen MR) is 88.6 cm³/mol. The van der Waals surface area contributed by atoms with E-state index in [-0.39, 0.29) is 5.92 Å². The van der Waals surface area contributed by atoms with Crippen LogP contribution in [0, 0.1) is 17.8 Å². The first kappa shape index (κ1) is 18.0. The summed E-state index contributed by atoms with van der Waals surface area (Å²) < 4.78 is 10.6. The van der Waals surface area contributed by atoms with E-state index >= 15 is 0 Å². The molecule has 0 aliphatic carbocycles. The zero-order chi connectivity index (χ0) is 16.2. The first-order valence-corrected chi connectivity index (χ1v) is 7.42. The van der Waals surface area contributed by atoms with Gasteiger partial charge in [-0.3, -0.25) is 0 Å². The summed E-state index contributed by atoms with van der Waals surface area (Å²) in [5.74, 6) is 7.16. The molecule has 3 heteroatoms. The van der Waals surface area contributed by atoms with Crippen LogP contribution in [0.25, 0.3) is 0 Å². The van der Waals surface area contributed by atoms with Crippen molar-refractivity contribution in [3.8, 4) is 17.6 Å². The van der Waals surface area contributed by atoms with E-state index in [0.29, 0.717) is 19.6 Å². The Hall–Kier alpha value is -2.05. The Kier molecular flexibility index (Phi) is 8.71. The lowest BCUT2D eigenvalue weighted by Crippen LogP contribution is -2.01. The van der Waals surface area contributed by atoms with Crippen molar-refractivity contribution in [2.75, 3.05) is 13.7 Å². The highest BCUT2D eigenvalue weighted by atomic mass is 16.5. The van der Waals surface area contributed by atoms with Crippen molar-refractivity contribution in [3.05, 3.63) is 42.0 Å². The van der Waals surface area contributed by atoms with Crippen LogP contribution < -0.4 is 4.74 Å². The quantitative estimate of drug-likeness (QED) is 0.301. The molecular weight excluding hydrogens is 276 g/mol. The standard InChI is InChI=1S/C19H24O3/c1-16(2)18(12-13-20)7-5-4-6-14-22-15-17-8-10-19(21-3)11-9-17/h8-11,13,18H,1,5,7,12,14-15H2,2-3H3/t18-/m1/s1. The van der Waals surface area contributed by atoms with Gasteiger partial charge < -0.3 is 14.3 Å². The highest BCUT2D eigenvalue weighted by molar-refractivity contribution is 5.50. The van der Waals surface area contributed by atoms with Gasteiger partial charge in [0.2, 0.25) is 0 Å². The summed E-state index contributed by atoms with van der Waals surface area (Å²) in [6.45, 7) is 6.82. The van der Waals surface area contributed by atoms with Gasteiger partial charge in [0.1, 0.15) is 18.6 Å². The number of carbonyl (C=O) groups excluding carboxylic acids is 1. The van der Waals surface area contributed by atoms with Gasteiger partial charge in [-0.25, -0.2) is 0 Å². The monoisotopic (exact) mass is 300 g/mol. The predicted octanol–water partition coefficient (Wildman–Crippen LogP) is 3.78. The van der Waals surface area contributed by atoms with Crippen LogP contribution in [0.15, 0.2) is 36.4 Å². The van der Waals surface area contributed by atoms with Gasteiger partial charge in [-0.1, -0.05) is 30.2 Å². The summed E-state index contributed by atoms with van der Waals surface area (Å²) in [6.07, 6.45) is 3.12. The second-order valence-electron chi connectivity index (χ2n) is 5.18. The summed E-state index contributed by atoms with van der Waals surface area (Å²) >= 11 is 0. The van der Waals surface area contributed by atoms with Crippen molar-refractivity contribution in [2.45, 2.75) is 32.8 Å². The summed E-state index contributed by atoms with van der Waals surface area (Å²) in [6, 6.07) is 7.77. The Morgan fingerprint density at radius 1 is 1.32 bits per heavy atom. The third-order valence-electron chi connectivity index (χ3n) is 3.42. The molecular formula is C19H24O3. The van der Waals surface area contributed by atoms with E-state index in [0.717, 1.165) is 36.0 Å². The molecule has 0 saturated heterocycles. The maximum absolute atomic E-state index is 10.6. The molecule has 0 N–H and O–H groups in total. The highest BCUT2D eigenvalue weighted by Crippen LogP contribution is 2.17. The fourth-order valence-corrected chi connectivity index (χ4v) is 2.01. The average Bonchev–Trinajstić information content (AvgIpc) is 2.53. The van der Waals surface area contributed by atoms with E-state index in [1.54, 1.807) is 7.11 Å². The molecule has 0 radical (unpaired) electrons. The molecule has 22 heavy (non-hydrogen) atoms. The molecule has 0 spiro atoms.